The van der Waals surface area contributed by atoms with Gasteiger partial charge in [-0.2, -0.15) is 0 Å². The molecule has 0 bridgehead atoms. The van der Waals surface area contributed by atoms with Crippen LogP contribution >= 0.6 is 0 Å². The molecule has 0 unspecified atom stereocenters. The Morgan fingerprint density at radius 2 is 1.00 bits per heavy atom. The highest BCUT2D eigenvalue weighted by Crippen LogP contribution is 2.45. The fourth-order valence-corrected chi connectivity index (χ4v) is 6.84. The van der Waals surface area contributed by atoms with Crippen LogP contribution < -0.4 is 0 Å². The van der Waals surface area contributed by atoms with Gasteiger partial charge in [0.1, 0.15) is 0 Å². The van der Waals surface area contributed by atoms with Crippen molar-refractivity contribution < 1.29 is 0 Å². The first-order valence-corrected chi connectivity index (χ1v) is 14.4. The predicted molar refractivity (Wildman–Crippen MR) is 175 cm³/mol. The number of fused-ring (bicyclic) bond motifs is 6. The van der Waals surface area contributed by atoms with E-state index in [1.54, 1.807) is 0 Å². The van der Waals surface area contributed by atoms with E-state index >= 15 is 0 Å². The monoisotopic (exact) mass is 526 g/mol. The molecule has 0 fully saturated rings. The Labute approximate surface area is 239 Å². The first-order valence-electron chi connectivity index (χ1n) is 14.4. The molecule has 0 saturated heterocycles. The number of nitrogens with zero attached hydrogens (tertiary/aromatic N) is 2. The Kier molecular flexibility index (Phi) is 5.36. The molecule has 196 valence electrons. The summed E-state index contributed by atoms with van der Waals surface area (Å²) in [7, 11) is 0. The van der Waals surface area contributed by atoms with Crippen molar-refractivity contribution in [1.29, 1.82) is 0 Å². The van der Waals surface area contributed by atoms with Crippen molar-refractivity contribution in [2.24, 2.45) is 0 Å². The Balaban J connectivity index is 1.59. The second-order valence-electron chi connectivity index (χ2n) is 11.2. The zero-order valence-corrected chi connectivity index (χ0v) is 23.3. The Morgan fingerprint density at radius 1 is 0.439 bits per heavy atom. The lowest BCUT2D eigenvalue weighted by molar-refractivity contribution is 0.864. The largest absolute Gasteiger partial charge is 0.309 e. The lowest BCUT2D eigenvalue weighted by Gasteiger charge is -2.19. The molecule has 6 aromatic carbocycles. The van der Waals surface area contributed by atoms with Crippen LogP contribution in [-0.2, 0) is 0 Å². The van der Waals surface area contributed by atoms with Gasteiger partial charge >= 0.3 is 0 Å². The van der Waals surface area contributed by atoms with Gasteiger partial charge in [-0.1, -0.05) is 111 Å². The number of rotatable bonds is 4. The summed E-state index contributed by atoms with van der Waals surface area (Å²) in [6.45, 7) is 4.67. The van der Waals surface area contributed by atoms with Crippen LogP contribution in [0.5, 0.6) is 0 Å². The second kappa shape index (κ2) is 9.25. The van der Waals surface area contributed by atoms with E-state index in [0.29, 0.717) is 5.92 Å². The summed E-state index contributed by atoms with van der Waals surface area (Å²) in [6, 6.07) is 50.6. The first-order chi connectivity index (χ1) is 20.2. The second-order valence-corrected chi connectivity index (χ2v) is 11.2. The maximum atomic E-state index is 2.48. The minimum atomic E-state index is 0.298. The van der Waals surface area contributed by atoms with E-state index in [1.807, 2.05) is 0 Å². The summed E-state index contributed by atoms with van der Waals surface area (Å²) in [6.07, 6.45) is 0. The number of para-hydroxylation sites is 3. The number of benzene rings is 6. The summed E-state index contributed by atoms with van der Waals surface area (Å²) in [5.41, 5.74) is 11.3. The molecular formula is C39H30N2. The lowest BCUT2D eigenvalue weighted by Crippen LogP contribution is -2.03. The fourth-order valence-electron chi connectivity index (χ4n) is 6.84. The van der Waals surface area contributed by atoms with Crippen molar-refractivity contribution in [3.63, 3.8) is 0 Å². The highest BCUT2D eigenvalue weighted by molar-refractivity contribution is 6.18. The first kappa shape index (κ1) is 23.8. The highest BCUT2D eigenvalue weighted by atomic mass is 15.0. The summed E-state index contributed by atoms with van der Waals surface area (Å²) < 4.78 is 4.93. The highest BCUT2D eigenvalue weighted by Gasteiger charge is 2.24. The van der Waals surface area contributed by atoms with Gasteiger partial charge in [-0.15, -0.1) is 0 Å². The number of hydrogen-bond donors (Lipinski definition) is 0. The Morgan fingerprint density at radius 3 is 1.66 bits per heavy atom. The fraction of sp³-hybridized carbons (Fsp3) is 0.0769. The minimum Gasteiger partial charge on any atom is -0.309 e. The molecule has 0 aliphatic carbocycles. The van der Waals surface area contributed by atoms with Gasteiger partial charge in [0.15, 0.2) is 0 Å². The summed E-state index contributed by atoms with van der Waals surface area (Å²) in [4.78, 5) is 0. The molecular weight excluding hydrogens is 496 g/mol. The van der Waals surface area contributed by atoms with E-state index in [4.69, 9.17) is 0 Å². The van der Waals surface area contributed by atoms with Gasteiger partial charge in [0.2, 0.25) is 0 Å². The van der Waals surface area contributed by atoms with E-state index in [2.05, 4.69) is 163 Å². The molecule has 0 spiro atoms. The molecule has 2 heterocycles. The van der Waals surface area contributed by atoms with Gasteiger partial charge in [0, 0.05) is 27.2 Å². The topological polar surface area (TPSA) is 9.86 Å². The SMILES string of the molecule is CC(C)c1c(-n2c3ccccc3c3ccccc32)ccc2c1c1c(-c3ccccc3)cccc1n2-c1ccccc1. The van der Waals surface area contributed by atoms with Crippen molar-refractivity contribution >= 4 is 43.6 Å². The van der Waals surface area contributed by atoms with E-state index in [9.17, 15) is 0 Å². The maximum absolute atomic E-state index is 2.48. The third-order valence-corrected chi connectivity index (χ3v) is 8.47. The van der Waals surface area contributed by atoms with Gasteiger partial charge in [-0.05, 0) is 65.1 Å². The van der Waals surface area contributed by atoms with Gasteiger partial charge in [-0.25, -0.2) is 0 Å². The van der Waals surface area contributed by atoms with Gasteiger partial charge in [0.05, 0.1) is 27.8 Å². The molecule has 8 rings (SSSR count). The van der Waals surface area contributed by atoms with E-state index in [-0.39, 0.29) is 0 Å². The molecule has 0 aliphatic heterocycles. The van der Waals surface area contributed by atoms with Crippen LogP contribution in [0.15, 0.2) is 140 Å². The van der Waals surface area contributed by atoms with Gasteiger partial charge in [-0.3, -0.25) is 0 Å². The summed E-state index contributed by atoms with van der Waals surface area (Å²) in [5, 5.41) is 5.21. The predicted octanol–water partition coefficient (Wildman–Crippen LogP) is 10.7. The van der Waals surface area contributed by atoms with E-state index in [0.717, 1.165) is 0 Å². The number of hydrogen-bond acceptors (Lipinski definition) is 0. The molecule has 8 aromatic rings. The quantitative estimate of drug-likeness (QED) is 0.216. The Bertz CT molecular complexity index is 2160. The summed E-state index contributed by atoms with van der Waals surface area (Å²) in [5.74, 6) is 0.298. The average Bonchev–Trinajstić information content (AvgIpc) is 3.54. The van der Waals surface area contributed by atoms with Crippen molar-refractivity contribution in [3.05, 3.63) is 145 Å². The molecule has 2 aromatic heterocycles. The molecule has 2 heteroatoms. The van der Waals surface area contributed by atoms with Crippen LogP contribution in [0, 0.1) is 0 Å². The number of aromatic nitrogens is 2. The standard InChI is InChI=1S/C39H30N2/c1-26(2)37-35(41-32-21-11-9-18-30(32)31-19-10-12-22-33(31)41)24-25-36-39(37)38-29(27-14-5-3-6-15-27)20-13-23-34(38)40(36)28-16-7-4-8-17-28/h3-26H,1-2H3. The van der Waals surface area contributed by atoms with Crippen LogP contribution in [0.2, 0.25) is 0 Å². The molecule has 2 nitrogen and oxygen atoms in total. The molecule has 41 heavy (non-hydrogen) atoms. The van der Waals surface area contributed by atoms with Crippen LogP contribution in [0.3, 0.4) is 0 Å². The lowest BCUT2D eigenvalue weighted by atomic mass is 9.92. The molecule has 0 radical (unpaired) electrons. The Hall–Kier alpha value is -5.08. The van der Waals surface area contributed by atoms with Crippen LogP contribution in [0.25, 0.3) is 66.1 Å². The molecule has 0 N–H and O–H groups in total. The van der Waals surface area contributed by atoms with Crippen molar-refractivity contribution in [2.75, 3.05) is 0 Å². The van der Waals surface area contributed by atoms with Crippen LogP contribution in [0.4, 0.5) is 0 Å². The molecule has 0 saturated carbocycles. The minimum absolute atomic E-state index is 0.298. The zero-order chi connectivity index (χ0) is 27.5. The van der Waals surface area contributed by atoms with E-state index in [1.165, 1.54) is 71.7 Å². The third-order valence-electron chi connectivity index (χ3n) is 8.47. The van der Waals surface area contributed by atoms with Crippen molar-refractivity contribution in [3.8, 4) is 22.5 Å². The zero-order valence-electron chi connectivity index (χ0n) is 23.3. The van der Waals surface area contributed by atoms with Gasteiger partial charge < -0.3 is 9.13 Å². The molecule has 0 amide bonds. The van der Waals surface area contributed by atoms with E-state index < -0.39 is 0 Å². The maximum Gasteiger partial charge on any atom is 0.0547 e. The smallest absolute Gasteiger partial charge is 0.0547 e. The van der Waals surface area contributed by atoms with Crippen LogP contribution in [0.1, 0.15) is 25.3 Å². The normalized spacial score (nSPS) is 11.9. The average molecular weight is 527 g/mol. The van der Waals surface area contributed by atoms with Crippen LogP contribution in [-0.4, -0.2) is 9.13 Å². The third kappa shape index (κ3) is 3.50. The molecule has 0 aliphatic rings. The van der Waals surface area contributed by atoms with Crippen molar-refractivity contribution in [2.45, 2.75) is 19.8 Å². The molecule has 0 atom stereocenters. The van der Waals surface area contributed by atoms with Gasteiger partial charge in [0.25, 0.3) is 0 Å². The van der Waals surface area contributed by atoms with Crippen molar-refractivity contribution in [1.82, 2.24) is 9.13 Å². The summed E-state index contributed by atoms with van der Waals surface area (Å²) >= 11 is 0.